The molecule has 5 rings (SSSR count). The first-order chi connectivity index (χ1) is 18.1. The number of aromatic nitrogens is 3. The number of rotatable bonds is 7. The Kier molecular flexibility index (Phi) is 7.32. The van der Waals surface area contributed by atoms with Gasteiger partial charge in [0, 0.05) is 31.2 Å². The highest BCUT2D eigenvalue weighted by Crippen LogP contribution is 2.43. The first-order valence-corrected chi connectivity index (χ1v) is 14.3. The molecular weight excluding hydrogens is 502 g/mol. The lowest BCUT2D eigenvalue weighted by molar-refractivity contribution is 0.0972. The largest absolute Gasteiger partial charge is 0.497 e. The zero-order valence-electron chi connectivity index (χ0n) is 22.8. The Morgan fingerprint density at radius 1 is 1.18 bits per heavy atom. The highest BCUT2D eigenvalue weighted by molar-refractivity contribution is 7.84. The summed E-state index contributed by atoms with van der Waals surface area (Å²) in [5, 5.41) is 0. The number of anilines is 1. The number of fused-ring (bicyclic) bond motifs is 1. The summed E-state index contributed by atoms with van der Waals surface area (Å²) in [6, 6.07) is 9.86. The number of benzene rings is 1. The van der Waals surface area contributed by atoms with Crippen molar-refractivity contribution in [1.29, 1.82) is 0 Å². The maximum absolute atomic E-state index is 12.9. The molecule has 3 atom stereocenters. The molecule has 0 bridgehead atoms. The van der Waals surface area contributed by atoms with Crippen molar-refractivity contribution in [3.63, 3.8) is 0 Å². The SMILES string of the molecule is COc1ccc(Cn2ccc3nc(N4CCC5(CC4)CO[C@@H](C)[C@H]5NS(=O)C(C)(C)C)c(C=O)nc32)cc1. The van der Waals surface area contributed by atoms with Crippen molar-refractivity contribution in [3.05, 3.63) is 47.8 Å². The van der Waals surface area contributed by atoms with Gasteiger partial charge in [-0.1, -0.05) is 12.1 Å². The van der Waals surface area contributed by atoms with E-state index < -0.39 is 11.0 Å². The zero-order valence-corrected chi connectivity index (χ0v) is 23.6. The molecule has 2 fully saturated rings. The molecule has 3 aromatic rings. The Hall–Kier alpha value is -2.82. The van der Waals surface area contributed by atoms with E-state index in [1.54, 1.807) is 7.11 Å². The lowest BCUT2D eigenvalue weighted by Gasteiger charge is -2.43. The smallest absolute Gasteiger partial charge is 0.172 e. The van der Waals surface area contributed by atoms with Gasteiger partial charge in [0.2, 0.25) is 0 Å². The van der Waals surface area contributed by atoms with Crippen molar-refractivity contribution in [2.75, 3.05) is 31.7 Å². The third-order valence-corrected chi connectivity index (χ3v) is 9.41. The van der Waals surface area contributed by atoms with Gasteiger partial charge in [-0.2, -0.15) is 0 Å². The van der Waals surface area contributed by atoms with Gasteiger partial charge in [-0.3, -0.25) is 4.79 Å². The second-order valence-electron chi connectivity index (χ2n) is 11.4. The topological polar surface area (TPSA) is 98.6 Å². The van der Waals surface area contributed by atoms with Gasteiger partial charge >= 0.3 is 0 Å². The van der Waals surface area contributed by atoms with Crippen LogP contribution in [-0.4, -0.2) is 68.7 Å². The van der Waals surface area contributed by atoms with Gasteiger partial charge in [0.25, 0.3) is 0 Å². The summed E-state index contributed by atoms with van der Waals surface area (Å²) in [6.45, 7) is 10.7. The summed E-state index contributed by atoms with van der Waals surface area (Å²) < 4.78 is 29.3. The van der Waals surface area contributed by atoms with E-state index in [4.69, 9.17) is 19.4 Å². The van der Waals surface area contributed by atoms with Crippen LogP contribution >= 0.6 is 0 Å². The van der Waals surface area contributed by atoms with Gasteiger partial charge in [0.15, 0.2) is 17.8 Å². The average Bonchev–Trinajstić information content (AvgIpc) is 3.44. The second-order valence-corrected chi connectivity index (χ2v) is 13.4. The predicted octanol–water partition coefficient (Wildman–Crippen LogP) is 3.73. The standard InChI is InChI=1S/C28H37N5O4S/c1-19-24(31-38(35)27(2,3)4)28(18-37-19)11-14-32(15-12-28)26-23(17-34)30-25-22(29-26)10-13-33(25)16-20-6-8-21(36-5)9-7-20/h6-10,13,17,19,24,31H,11-12,14-16,18H2,1-5H3/t19-,24+,38?/m0/s1. The summed E-state index contributed by atoms with van der Waals surface area (Å²) in [7, 11) is 0.474. The molecule has 204 valence electrons. The van der Waals surface area contributed by atoms with E-state index in [2.05, 4.69) is 16.5 Å². The molecule has 1 unspecified atom stereocenters. The summed E-state index contributed by atoms with van der Waals surface area (Å²) in [5.74, 6) is 1.43. The van der Waals surface area contributed by atoms with Crippen LogP contribution in [0.15, 0.2) is 36.5 Å². The van der Waals surface area contributed by atoms with Gasteiger partial charge in [-0.05, 0) is 64.3 Å². The molecule has 0 radical (unpaired) electrons. The molecule has 1 spiro atoms. The molecule has 0 saturated carbocycles. The lowest BCUT2D eigenvalue weighted by Crippen LogP contribution is -2.55. The molecular formula is C28H37N5O4S. The minimum atomic E-state index is -1.18. The Morgan fingerprint density at radius 2 is 1.89 bits per heavy atom. The lowest BCUT2D eigenvalue weighted by atomic mass is 9.73. The second kappa shape index (κ2) is 10.4. The van der Waals surface area contributed by atoms with Crippen molar-refractivity contribution < 1.29 is 18.5 Å². The third-order valence-electron chi connectivity index (χ3n) is 7.83. The minimum Gasteiger partial charge on any atom is -0.497 e. The average molecular weight is 540 g/mol. The van der Waals surface area contributed by atoms with Crippen LogP contribution < -0.4 is 14.4 Å². The summed E-state index contributed by atoms with van der Waals surface area (Å²) in [4.78, 5) is 23.9. The van der Waals surface area contributed by atoms with Crippen LogP contribution in [0.5, 0.6) is 5.75 Å². The first-order valence-electron chi connectivity index (χ1n) is 13.1. The van der Waals surface area contributed by atoms with Crippen LogP contribution in [0, 0.1) is 5.41 Å². The van der Waals surface area contributed by atoms with Crippen LogP contribution in [0.1, 0.15) is 56.6 Å². The van der Waals surface area contributed by atoms with Gasteiger partial charge in [-0.15, -0.1) is 0 Å². The fourth-order valence-corrected chi connectivity index (χ4v) is 6.50. The molecule has 2 aliphatic rings. The van der Waals surface area contributed by atoms with E-state index in [1.807, 2.05) is 61.9 Å². The molecule has 1 N–H and O–H groups in total. The van der Waals surface area contributed by atoms with Crippen LogP contribution in [0.2, 0.25) is 0 Å². The Bertz CT molecular complexity index is 1330. The minimum absolute atomic E-state index is 0.0100. The highest BCUT2D eigenvalue weighted by atomic mass is 32.2. The normalized spacial score (nSPS) is 22.2. The van der Waals surface area contributed by atoms with Crippen LogP contribution in [0.25, 0.3) is 11.2 Å². The van der Waals surface area contributed by atoms with Crippen LogP contribution in [0.4, 0.5) is 5.82 Å². The van der Waals surface area contributed by atoms with E-state index in [-0.39, 0.29) is 22.3 Å². The molecule has 0 amide bonds. The molecule has 2 saturated heterocycles. The Balaban J connectivity index is 1.34. The van der Waals surface area contributed by atoms with Gasteiger partial charge in [0.05, 0.1) is 41.6 Å². The molecule has 10 heteroatoms. The number of hydrogen-bond acceptors (Lipinski definition) is 7. The van der Waals surface area contributed by atoms with Crippen LogP contribution in [-0.2, 0) is 22.3 Å². The van der Waals surface area contributed by atoms with E-state index in [9.17, 15) is 9.00 Å². The van der Waals surface area contributed by atoms with Gasteiger partial charge in [0.1, 0.15) is 17.0 Å². The van der Waals surface area contributed by atoms with Crippen LogP contribution in [0.3, 0.4) is 0 Å². The van der Waals surface area contributed by atoms with Crippen molar-refractivity contribution in [1.82, 2.24) is 19.3 Å². The maximum atomic E-state index is 12.9. The number of aldehydes is 1. The Labute approximate surface area is 226 Å². The van der Waals surface area contributed by atoms with E-state index in [1.165, 1.54) is 0 Å². The fourth-order valence-electron chi connectivity index (χ4n) is 5.48. The van der Waals surface area contributed by atoms with Crippen molar-refractivity contribution >= 4 is 34.3 Å². The fraction of sp³-hybridized carbons (Fsp3) is 0.536. The third kappa shape index (κ3) is 5.09. The monoisotopic (exact) mass is 539 g/mol. The number of nitrogens with zero attached hydrogens (tertiary/aromatic N) is 4. The number of ether oxygens (including phenoxy) is 2. The van der Waals surface area contributed by atoms with Crippen molar-refractivity contribution in [2.24, 2.45) is 5.41 Å². The number of methoxy groups -OCH3 is 1. The molecule has 2 aromatic heterocycles. The van der Waals surface area contributed by atoms with Gasteiger partial charge in [-0.25, -0.2) is 18.9 Å². The van der Waals surface area contributed by atoms with Gasteiger partial charge < -0.3 is 18.9 Å². The summed E-state index contributed by atoms with van der Waals surface area (Å²) in [5.41, 5.74) is 2.80. The number of carbonyl (C=O) groups excluding carboxylic acids is 1. The number of piperidine rings is 1. The summed E-state index contributed by atoms with van der Waals surface area (Å²) in [6.07, 6.45) is 4.45. The van der Waals surface area contributed by atoms with E-state index in [0.29, 0.717) is 30.3 Å². The number of hydrogen-bond donors (Lipinski definition) is 1. The Morgan fingerprint density at radius 3 is 2.53 bits per heavy atom. The molecule has 38 heavy (non-hydrogen) atoms. The van der Waals surface area contributed by atoms with Crippen molar-refractivity contribution in [2.45, 2.75) is 64.0 Å². The number of nitrogens with one attached hydrogen (secondary N) is 1. The molecule has 1 aromatic carbocycles. The predicted molar refractivity (Wildman–Crippen MR) is 149 cm³/mol. The molecule has 4 heterocycles. The number of carbonyl (C=O) groups is 1. The molecule has 0 aliphatic carbocycles. The summed E-state index contributed by atoms with van der Waals surface area (Å²) >= 11 is 0. The maximum Gasteiger partial charge on any atom is 0.172 e. The molecule has 9 nitrogen and oxygen atoms in total. The van der Waals surface area contributed by atoms with E-state index in [0.717, 1.165) is 49.0 Å². The van der Waals surface area contributed by atoms with E-state index >= 15 is 0 Å². The zero-order chi connectivity index (χ0) is 27.1. The quantitative estimate of drug-likeness (QED) is 0.457. The highest BCUT2D eigenvalue weighted by Gasteiger charge is 2.50. The first kappa shape index (κ1) is 26.8. The molecule has 2 aliphatic heterocycles. The van der Waals surface area contributed by atoms with Crippen molar-refractivity contribution in [3.8, 4) is 5.75 Å².